The van der Waals surface area contributed by atoms with Crippen LogP contribution in [-0.4, -0.2) is 57.1 Å². The summed E-state index contributed by atoms with van der Waals surface area (Å²) in [6, 6.07) is 0.727. The summed E-state index contributed by atoms with van der Waals surface area (Å²) in [6.45, 7) is 4.62. The van der Waals surface area contributed by atoms with Crippen molar-refractivity contribution in [2.45, 2.75) is 31.4 Å². The Morgan fingerprint density at radius 1 is 1.33 bits per heavy atom. The number of rotatable bonds is 4. The van der Waals surface area contributed by atoms with Gasteiger partial charge in [0.1, 0.15) is 6.79 Å². The number of hydrogen-bond donors (Lipinski definition) is 1. The van der Waals surface area contributed by atoms with Crippen LogP contribution in [0.4, 0.5) is 0 Å². The molecule has 15 heavy (non-hydrogen) atoms. The maximum Gasteiger partial charge on any atom is 0.147 e. The van der Waals surface area contributed by atoms with E-state index in [1.807, 2.05) is 0 Å². The third-order valence-corrected chi connectivity index (χ3v) is 3.39. The van der Waals surface area contributed by atoms with E-state index in [4.69, 9.17) is 9.47 Å². The molecule has 1 N–H and O–H groups in total. The molecule has 4 nitrogen and oxygen atoms in total. The predicted molar refractivity (Wildman–Crippen MR) is 58.8 cm³/mol. The number of likely N-dealkylation sites (tertiary alicyclic amines) is 1. The van der Waals surface area contributed by atoms with Gasteiger partial charge < -0.3 is 19.7 Å². The molecule has 2 saturated heterocycles. The van der Waals surface area contributed by atoms with Gasteiger partial charge in [0, 0.05) is 19.1 Å². The first-order chi connectivity index (χ1) is 7.36. The van der Waals surface area contributed by atoms with Crippen molar-refractivity contribution in [2.75, 3.05) is 40.1 Å². The Morgan fingerprint density at radius 2 is 2.27 bits per heavy atom. The second kappa shape index (κ2) is 5.80. The van der Waals surface area contributed by atoms with Gasteiger partial charge in [0.2, 0.25) is 0 Å². The lowest BCUT2D eigenvalue weighted by molar-refractivity contribution is -0.137. The Hall–Kier alpha value is -0.160. The third kappa shape index (κ3) is 3.41. The van der Waals surface area contributed by atoms with Crippen LogP contribution in [0, 0.1) is 0 Å². The summed E-state index contributed by atoms with van der Waals surface area (Å²) in [5.74, 6) is 0. The van der Waals surface area contributed by atoms with Crippen LogP contribution in [0.2, 0.25) is 0 Å². The van der Waals surface area contributed by atoms with Gasteiger partial charge in [0.15, 0.2) is 0 Å². The van der Waals surface area contributed by atoms with Crippen LogP contribution >= 0.6 is 0 Å². The Morgan fingerprint density at radius 3 is 2.93 bits per heavy atom. The van der Waals surface area contributed by atoms with Gasteiger partial charge in [-0.1, -0.05) is 0 Å². The standard InChI is InChI=1S/C11H22N2O2/c1-13-5-2-3-10(13)7-12-8-11-4-6-14-9-15-11/h10-12H,2-9H2,1H3. The minimum Gasteiger partial charge on any atom is -0.355 e. The van der Waals surface area contributed by atoms with E-state index in [1.165, 1.54) is 19.4 Å². The molecule has 2 rings (SSSR count). The predicted octanol–water partition coefficient (Wildman–Crippen LogP) is 0.433. The zero-order chi connectivity index (χ0) is 10.5. The topological polar surface area (TPSA) is 33.7 Å². The van der Waals surface area contributed by atoms with Crippen molar-refractivity contribution in [3.05, 3.63) is 0 Å². The van der Waals surface area contributed by atoms with Gasteiger partial charge in [-0.05, 0) is 32.9 Å². The van der Waals surface area contributed by atoms with Crippen molar-refractivity contribution in [1.29, 1.82) is 0 Å². The molecule has 2 heterocycles. The zero-order valence-corrected chi connectivity index (χ0v) is 9.58. The van der Waals surface area contributed by atoms with E-state index >= 15 is 0 Å². The third-order valence-electron chi connectivity index (χ3n) is 3.39. The highest BCUT2D eigenvalue weighted by Gasteiger charge is 2.21. The average molecular weight is 214 g/mol. The van der Waals surface area contributed by atoms with Gasteiger partial charge in [-0.25, -0.2) is 0 Å². The van der Waals surface area contributed by atoms with E-state index in [9.17, 15) is 0 Å². The maximum atomic E-state index is 5.47. The van der Waals surface area contributed by atoms with Gasteiger partial charge in [-0.15, -0.1) is 0 Å². The molecule has 0 saturated carbocycles. The van der Waals surface area contributed by atoms with Crippen molar-refractivity contribution in [2.24, 2.45) is 0 Å². The van der Waals surface area contributed by atoms with E-state index in [0.717, 1.165) is 32.2 Å². The minimum absolute atomic E-state index is 0.352. The molecule has 2 atom stereocenters. The van der Waals surface area contributed by atoms with E-state index in [0.29, 0.717) is 12.9 Å². The Balaban J connectivity index is 1.57. The lowest BCUT2D eigenvalue weighted by Crippen LogP contribution is -2.40. The summed E-state index contributed by atoms with van der Waals surface area (Å²) in [7, 11) is 2.21. The molecule has 0 aliphatic carbocycles. The highest BCUT2D eigenvalue weighted by molar-refractivity contribution is 4.78. The molecule has 0 aromatic carbocycles. The molecule has 0 aromatic rings. The molecule has 4 heteroatoms. The van der Waals surface area contributed by atoms with Crippen LogP contribution in [0.5, 0.6) is 0 Å². The molecule has 0 radical (unpaired) electrons. The largest absolute Gasteiger partial charge is 0.355 e. The Kier molecular flexibility index (Phi) is 4.38. The molecule has 2 fully saturated rings. The average Bonchev–Trinajstić information content (AvgIpc) is 2.66. The van der Waals surface area contributed by atoms with E-state index in [1.54, 1.807) is 0 Å². The van der Waals surface area contributed by atoms with Crippen LogP contribution in [0.3, 0.4) is 0 Å². The quantitative estimate of drug-likeness (QED) is 0.736. The van der Waals surface area contributed by atoms with Gasteiger partial charge >= 0.3 is 0 Å². The fourth-order valence-electron chi connectivity index (χ4n) is 2.31. The highest BCUT2D eigenvalue weighted by atomic mass is 16.7. The molecular formula is C11H22N2O2. The summed E-state index contributed by atoms with van der Waals surface area (Å²) in [5, 5.41) is 3.51. The first kappa shape index (κ1) is 11.3. The molecule has 2 aliphatic heterocycles. The Labute approximate surface area is 91.9 Å². The number of hydrogen-bond acceptors (Lipinski definition) is 4. The summed E-state index contributed by atoms with van der Waals surface area (Å²) in [5.41, 5.74) is 0. The van der Waals surface area contributed by atoms with Crippen molar-refractivity contribution < 1.29 is 9.47 Å². The summed E-state index contributed by atoms with van der Waals surface area (Å²) in [6.07, 6.45) is 4.05. The number of nitrogens with one attached hydrogen (secondary N) is 1. The fraction of sp³-hybridized carbons (Fsp3) is 1.00. The van der Waals surface area contributed by atoms with Crippen molar-refractivity contribution >= 4 is 0 Å². The molecule has 0 amide bonds. The Bertz CT molecular complexity index is 183. The van der Waals surface area contributed by atoms with Crippen LogP contribution in [-0.2, 0) is 9.47 Å². The second-order valence-corrected chi connectivity index (χ2v) is 4.54. The van der Waals surface area contributed by atoms with Crippen molar-refractivity contribution in [3.63, 3.8) is 0 Å². The fourth-order valence-corrected chi connectivity index (χ4v) is 2.31. The van der Waals surface area contributed by atoms with E-state index in [-0.39, 0.29) is 0 Å². The van der Waals surface area contributed by atoms with E-state index < -0.39 is 0 Å². The summed E-state index contributed by atoms with van der Waals surface area (Å²) < 4.78 is 10.6. The van der Waals surface area contributed by atoms with Gasteiger partial charge in [0.05, 0.1) is 12.7 Å². The summed E-state index contributed by atoms with van der Waals surface area (Å²) >= 11 is 0. The van der Waals surface area contributed by atoms with Crippen molar-refractivity contribution in [3.8, 4) is 0 Å². The normalized spacial score (nSPS) is 33.4. The van der Waals surface area contributed by atoms with Gasteiger partial charge in [-0.2, -0.15) is 0 Å². The van der Waals surface area contributed by atoms with Crippen LogP contribution < -0.4 is 5.32 Å². The minimum atomic E-state index is 0.352. The first-order valence-corrected chi connectivity index (χ1v) is 5.96. The van der Waals surface area contributed by atoms with Crippen LogP contribution in [0.1, 0.15) is 19.3 Å². The van der Waals surface area contributed by atoms with Crippen LogP contribution in [0.15, 0.2) is 0 Å². The van der Waals surface area contributed by atoms with Gasteiger partial charge in [-0.3, -0.25) is 0 Å². The maximum absolute atomic E-state index is 5.47. The van der Waals surface area contributed by atoms with Gasteiger partial charge in [0.25, 0.3) is 0 Å². The second-order valence-electron chi connectivity index (χ2n) is 4.54. The molecule has 2 aliphatic rings. The van der Waals surface area contributed by atoms with Crippen LogP contribution in [0.25, 0.3) is 0 Å². The number of ether oxygens (including phenoxy) is 2. The SMILES string of the molecule is CN1CCCC1CNCC1CCOCO1. The molecule has 2 unspecified atom stereocenters. The van der Waals surface area contributed by atoms with E-state index in [2.05, 4.69) is 17.3 Å². The number of likely N-dealkylation sites (N-methyl/N-ethyl adjacent to an activating group) is 1. The molecule has 88 valence electrons. The lowest BCUT2D eigenvalue weighted by Gasteiger charge is -2.25. The molecule has 0 bridgehead atoms. The van der Waals surface area contributed by atoms with Crippen molar-refractivity contribution in [1.82, 2.24) is 10.2 Å². The highest BCUT2D eigenvalue weighted by Crippen LogP contribution is 2.13. The smallest absolute Gasteiger partial charge is 0.147 e. The monoisotopic (exact) mass is 214 g/mol. The zero-order valence-electron chi connectivity index (χ0n) is 9.58. The number of nitrogens with zero attached hydrogens (tertiary/aromatic N) is 1. The molecule has 0 spiro atoms. The lowest BCUT2D eigenvalue weighted by atomic mass is 10.2. The molecular weight excluding hydrogens is 192 g/mol. The first-order valence-electron chi connectivity index (χ1n) is 5.96. The molecule has 0 aromatic heterocycles. The summed E-state index contributed by atoms with van der Waals surface area (Å²) in [4.78, 5) is 2.44.